The summed E-state index contributed by atoms with van der Waals surface area (Å²) in [4.78, 5) is 12.2. The summed E-state index contributed by atoms with van der Waals surface area (Å²) in [6.07, 6.45) is 20.4. The quantitative estimate of drug-likeness (QED) is 0.366. The standard InChI is InChI=1S/C20H36O2P.Pd/c1-17(21)22-23(18-11-5-2-6-12-18,19-13-7-3-8-14-19)20-15-9-4-10-16-20;/h18-20H,2-16H2,1H3;/q+1;. The molecule has 0 saturated heterocycles. The SMILES string of the molecule is CC(=O)O[P+](C1CCCCC1)(C1CCCCC1)C1CCCCC1.[Pd]. The van der Waals surface area contributed by atoms with Gasteiger partial charge in [-0.1, -0.05) is 19.3 Å². The maximum Gasteiger partial charge on any atom is 0.346 e. The zero-order valence-corrected chi connectivity index (χ0v) is 17.9. The van der Waals surface area contributed by atoms with Gasteiger partial charge in [-0.15, -0.1) is 0 Å². The van der Waals surface area contributed by atoms with Crippen LogP contribution in [0, 0.1) is 0 Å². The van der Waals surface area contributed by atoms with E-state index in [0.29, 0.717) is 0 Å². The third-order valence-corrected chi connectivity index (χ3v) is 12.3. The van der Waals surface area contributed by atoms with Crippen LogP contribution in [0.25, 0.3) is 0 Å². The number of carbonyl (C=O) groups excluding carboxylic acids is 1. The van der Waals surface area contributed by atoms with Crippen molar-refractivity contribution in [2.75, 3.05) is 0 Å². The monoisotopic (exact) mass is 445 g/mol. The molecule has 0 spiro atoms. The van der Waals surface area contributed by atoms with Gasteiger partial charge in [-0.3, -0.25) is 0 Å². The van der Waals surface area contributed by atoms with Crippen molar-refractivity contribution in [2.24, 2.45) is 0 Å². The van der Waals surface area contributed by atoms with Gasteiger partial charge in [0.15, 0.2) is 0 Å². The summed E-state index contributed by atoms with van der Waals surface area (Å²) >= 11 is 0. The Kier molecular flexibility index (Phi) is 8.73. The van der Waals surface area contributed by atoms with E-state index in [1.165, 1.54) is 96.3 Å². The van der Waals surface area contributed by atoms with E-state index in [1.807, 2.05) is 0 Å². The number of carbonyl (C=O) groups is 1. The molecule has 0 radical (unpaired) electrons. The van der Waals surface area contributed by atoms with Gasteiger partial charge in [0, 0.05) is 27.3 Å². The molecule has 0 N–H and O–H groups in total. The van der Waals surface area contributed by atoms with Gasteiger partial charge >= 0.3 is 5.97 Å². The van der Waals surface area contributed by atoms with Gasteiger partial charge in [0.1, 0.15) is 17.0 Å². The molecule has 0 atom stereocenters. The van der Waals surface area contributed by atoms with Gasteiger partial charge in [0.2, 0.25) is 7.49 Å². The minimum absolute atomic E-state index is 0. The summed E-state index contributed by atoms with van der Waals surface area (Å²) in [6, 6.07) is 0. The van der Waals surface area contributed by atoms with Gasteiger partial charge in [0.05, 0.1) is 0 Å². The maximum absolute atomic E-state index is 12.2. The molecule has 24 heavy (non-hydrogen) atoms. The summed E-state index contributed by atoms with van der Waals surface area (Å²) in [6.45, 7) is 1.68. The zero-order valence-electron chi connectivity index (χ0n) is 15.4. The largest absolute Gasteiger partial charge is 0.346 e. The topological polar surface area (TPSA) is 26.3 Å². The van der Waals surface area contributed by atoms with Crippen molar-refractivity contribution < 1.29 is 29.7 Å². The number of rotatable bonds is 4. The predicted octanol–water partition coefficient (Wildman–Crippen LogP) is 6.48. The molecule has 0 amide bonds. The summed E-state index contributed by atoms with van der Waals surface area (Å²) in [5.41, 5.74) is 2.23. The van der Waals surface area contributed by atoms with Gasteiger partial charge in [-0.2, -0.15) is 0 Å². The van der Waals surface area contributed by atoms with Crippen LogP contribution in [0.5, 0.6) is 0 Å². The van der Waals surface area contributed by atoms with Crippen molar-refractivity contribution in [3.8, 4) is 0 Å². The second kappa shape index (κ2) is 10.0. The molecule has 3 aliphatic carbocycles. The van der Waals surface area contributed by atoms with Crippen LogP contribution < -0.4 is 0 Å². The van der Waals surface area contributed by atoms with Crippen molar-refractivity contribution in [3.05, 3.63) is 0 Å². The van der Waals surface area contributed by atoms with Crippen LogP contribution in [0.4, 0.5) is 0 Å². The Morgan fingerprint density at radius 3 is 1.21 bits per heavy atom. The molecule has 3 aliphatic rings. The first-order valence-electron chi connectivity index (χ1n) is 10.3. The molecular formula is C20H36O2PPd+. The van der Waals surface area contributed by atoms with E-state index in [9.17, 15) is 4.79 Å². The van der Waals surface area contributed by atoms with Crippen molar-refractivity contribution in [1.29, 1.82) is 0 Å². The first-order valence-corrected chi connectivity index (χ1v) is 12.2. The third kappa shape index (κ3) is 4.64. The smallest absolute Gasteiger partial charge is 0.313 e. The van der Waals surface area contributed by atoms with Crippen molar-refractivity contribution in [3.63, 3.8) is 0 Å². The van der Waals surface area contributed by atoms with Gasteiger partial charge in [0.25, 0.3) is 0 Å². The summed E-state index contributed by atoms with van der Waals surface area (Å²) in [5, 5.41) is 0. The molecule has 142 valence electrons. The molecule has 2 nitrogen and oxygen atoms in total. The normalized spacial score (nSPS) is 25.0. The number of hydrogen-bond acceptors (Lipinski definition) is 2. The van der Waals surface area contributed by atoms with E-state index >= 15 is 0 Å². The molecule has 0 heterocycles. The second-order valence-corrected chi connectivity index (χ2v) is 12.1. The van der Waals surface area contributed by atoms with E-state index in [2.05, 4.69) is 0 Å². The molecule has 0 aromatic rings. The maximum atomic E-state index is 12.2. The van der Waals surface area contributed by atoms with Crippen LogP contribution in [0.2, 0.25) is 0 Å². The van der Waals surface area contributed by atoms with Crippen molar-refractivity contribution in [1.82, 2.24) is 0 Å². The fraction of sp³-hybridized carbons (Fsp3) is 0.950. The molecule has 0 aromatic carbocycles. The molecular weight excluding hydrogens is 410 g/mol. The molecule has 0 unspecified atom stereocenters. The van der Waals surface area contributed by atoms with E-state index in [4.69, 9.17) is 4.52 Å². The van der Waals surface area contributed by atoms with E-state index in [1.54, 1.807) is 6.92 Å². The Labute approximate surface area is 163 Å². The molecule has 3 saturated carbocycles. The summed E-state index contributed by atoms with van der Waals surface area (Å²) in [5.74, 6) is 0.0278. The average Bonchev–Trinajstić information content (AvgIpc) is 2.62. The predicted molar refractivity (Wildman–Crippen MR) is 99.3 cm³/mol. The Morgan fingerprint density at radius 2 is 0.958 bits per heavy atom. The molecule has 3 rings (SSSR count). The van der Waals surface area contributed by atoms with Gasteiger partial charge < -0.3 is 4.52 Å². The molecule has 0 aliphatic heterocycles. The average molecular weight is 446 g/mol. The molecule has 0 aromatic heterocycles. The van der Waals surface area contributed by atoms with Crippen LogP contribution in [-0.2, 0) is 29.7 Å². The first-order chi connectivity index (χ1) is 11.2. The summed E-state index contributed by atoms with van der Waals surface area (Å²) in [7, 11) is -1.63. The summed E-state index contributed by atoms with van der Waals surface area (Å²) < 4.78 is 6.53. The van der Waals surface area contributed by atoms with E-state index in [0.717, 1.165) is 17.0 Å². The molecule has 3 fully saturated rings. The molecule has 4 heteroatoms. The minimum Gasteiger partial charge on any atom is -0.313 e. The number of hydrogen-bond donors (Lipinski definition) is 0. The van der Waals surface area contributed by atoms with Crippen LogP contribution in [0.1, 0.15) is 103 Å². The Morgan fingerprint density at radius 1 is 0.667 bits per heavy atom. The molecule has 0 bridgehead atoms. The van der Waals surface area contributed by atoms with E-state index in [-0.39, 0.29) is 26.4 Å². The van der Waals surface area contributed by atoms with Crippen molar-refractivity contribution in [2.45, 2.75) is 120 Å². The Balaban J connectivity index is 0.00000208. The Hall–Kier alpha value is 0.562. The zero-order chi connectivity index (χ0) is 16.1. The Bertz CT molecular complexity index is 338. The van der Waals surface area contributed by atoms with E-state index < -0.39 is 7.49 Å². The first kappa shape index (κ1) is 20.9. The van der Waals surface area contributed by atoms with Crippen LogP contribution in [0.15, 0.2) is 0 Å². The van der Waals surface area contributed by atoms with Gasteiger partial charge in [-0.05, 0) is 77.0 Å². The van der Waals surface area contributed by atoms with Gasteiger partial charge in [-0.25, -0.2) is 4.79 Å². The van der Waals surface area contributed by atoms with Crippen LogP contribution >= 0.6 is 7.49 Å². The van der Waals surface area contributed by atoms with Crippen molar-refractivity contribution >= 4 is 13.5 Å². The van der Waals surface area contributed by atoms with Crippen LogP contribution in [0.3, 0.4) is 0 Å². The minimum atomic E-state index is -1.63. The fourth-order valence-corrected chi connectivity index (χ4v) is 12.0. The van der Waals surface area contributed by atoms with Crippen LogP contribution in [-0.4, -0.2) is 22.9 Å². The fourth-order valence-electron chi connectivity index (χ4n) is 5.79. The third-order valence-electron chi connectivity index (χ3n) is 6.72. The second-order valence-electron chi connectivity index (χ2n) is 8.22.